The van der Waals surface area contributed by atoms with E-state index >= 15 is 0 Å². The first-order valence-electron chi connectivity index (χ1n) is 6.45. The molecule has 0 amide bonds. The summed E-state index contributed by atoms with van der Waals surface area (Å²) in [6.07, 6.45) is 1.05. The third kappa shape index (κ3) is 2.77. The van der Waals surface area contributed by atoms with Gasteiger partial charge >= 0.3 is 0 Å². The van der Waals surface area contributed by atoms with E-state index in [0.717, 1.165) is 22.9 Å². The fraction of sp³-hybridized carbons (Fsp3) is 0.188. The molecule has 1 aliphatic rings. The van der Waals surface area contributed by atoms with Crippen LogP contribution < -0.4 is 5.32 Å². The van der Waals surface area contributed by atoms with Crippen LogP contribution in [0, 0.1) is 11.3 Å². The fourth-order valence-electron chi connectivity index (χ4n) is 2.39. The number of thioether (sulfide) groups is 1. The molecular weight excluding hydrogens is 288 g/mol. The summed E-state index contributed by atoms with van der Waals surface area (Å²) in [6, 6.07) is 16.1. The van der Waals surface area contributed by atoms with Gasteiger partial charge in [-0.3, -0.25) is 0 Å². The molecule has 2 aromatic carbocycles. The standard InChI is InChI=1S/C16H13ClN2S/c17-12-4-5-16-14(9-12)15(6-7-20-16)19-13-3-1-2-11(8-13)10-18/h1-5,8-9,15,19H,6-7H2. The van der Waals surface area contributed by atoms with Crippen molar-refractivity contribution in [3.63, 3.8) is 0 Å². The summed E-state index contributed by atoms with van der Waals surface area (Å²) in [5, 5.41) is 13.2. The van der Waals surface area contributed by atoms with Gasteiger partial charge in [-0.2, -0.15) is 5.26 Å². The molecule has 1 unspecified atom stereocenters. The summed E-state index contributed by atoms with van der Waals surface area (Å²) in [7, 11) is 0. The summed E-state index contributed by atoms with van der Waals surface area (Å²) in [6.45, 7) is 0. The van der Waals surface area contributed by atoms with Crippen molar-refractivity contribution in [2.75, 3.05) is 11.1 Å². The average molecular weight is 301 g/mol. The lowest BCUT2D eigenvalue weighted by molar-refractivity contribution is 0.728. The van der Waals surface area contributed by atoms with Crippen LogP contribution in [0.3, 0.4) is 0 Å². The zero-order valence-electron chi connectivity index (χ0n) is 10.8. The normalized spacial score (nSPS) is 17.1. The first kappa shape index (κ1) is 13.4. The molecular formula is C16H13ClN2S. The van der Waals surface area contributed by atoms with Crippen LogP contribution in [0.5, 0.6) is 0 Å². The van der Waals surface area contributed by atoms with E-state index in [-0.39, 0.29) is 6.04 Å². The second-order valence-corrected chi connectivity index (χ2v) is 6.28. The first-order chi connectivity index (χ1) is 9.76. The largest absolute Gasteiger partial charge is 0.378 e. The van der Waals surface area contributed by atoms with Crippen LogP contribution >= 0.6 is 23.4 Å². The van der Waals surface area contributed by atoms with Crippen molar-refractivity contribution in [3.8, 4) is 6.07 Å². The minimum absolute atomic E-state index is 0.249. The minimum Gasteiger partial charge on any atom is -0.378 e. The number of nitrogens with one attached hydrogen (secondary N) is 1. The van der Waals surface area contributed by atoms with Crippen molar-refractivity contribution >= 4 is 29.1 Å². The minimum atomic E-state index is 0.249. The second kappa shape index (κ2) is 5.78. The Labute approximate surface area is 127 Å². The van der Waals surface area contributed by atoms with E-state index in [1.807, 2.05) is 48.2 Å². The van der Waals surface area contributed by atoms with Crippen molar-refractivity contribution < 1.29 is 0 Å². The Hall–Kier alpha value is -1.63. The fourth-order valence-corrected chi connectivity index (χ4v) is 3.68. The molecule has 3 rings (SSSR count). The molecule has 0 saturated carbocycles. The maximum atomic E-state index is 8.96. The Morgan fingerprint density at radius 1 is 1.25 bits per heavy atom. The van der Waals surface area contributed by atoms with Crippen LogP contribution in [-0.2, 0) is 0 Å². The SMILES string of the molecule is N#Cc1cccc(NC2CCSc3ccc(Cl)cc32)c1. The first-order valence-corrected chi connectivity index (χ1v) is 7.81. The van der Waals surface area contributed by atoms with Gasteiger partial charge in [0.2, 0.25) is 0 Å². The number of anilines is 1. The highest BCUT2D eigenvalue weighted by molar-refractivity contribution is 7.99. The third-order valence-electron chi connectivity index (χ3n) is 3.34. The van der Waals surface area contributed by atoms with Gasteiger partial charge in [0.25, 0.3) is 0 Å². The van der Waals surface area contributed by atoms with E-state index < -0.39 is 0 Å². The van der Waals surface area contributed by atoms with E-state index in [1.165, 1.54) is 10.5 Å². The molecule has 1 atom stereocenters. The van der Waals surface area contributed by atoms with Gasteiger partial charge < -0.3 is 5.32 Å². The van der Waals surface area contributed by atoms with Crippen LogP contribution in [-0.4, -0.2) is 5.75 Å². The Kier molecular flexibility index (Phi) is 3.86. The summed E-state index contributed by atoms with van der Waals surface area (Å²) in [4.78, 5) is 1.29. The highest BCUT2D eigenvalue weighted by Gasteiger charge is 2.20. The molecule has 0 aliphatic carbocycles. The molecule has 1 N–H and O–H groups in total. The Morgan fingerprint density at radius 2 is 2.15 bits per heavy atom. The number of nitriles is 1. The van der Waals surface area contributed by atoms with Crippen LogP contribution in [0.2, 0.25) is 5.02 Å². The van der Waals surface area contributed by atoms with Gasteiger partial charge in [-0.15, -0.1) is 11.8 Å². The predicted molar refractivity (Wildman–Crippen MR) is 84.3 cm³/mol. The smallest absolute Gasteiger partial charge is 0.0992 e. The monoisotopic (exact) mass is 300 g/mol. The zero-order valence-corrected chi connectivity index (χ0v) is 12.3. The molecule has 0 bridgehead atoms. The van der Waals surface area contributed by atoms with Crippen molar-refractivity contribution in [1.29, 1.82) is 5.26 Å². The predicted octanol–water partition coefficient (Wildman–Crippen LogP) is 4.86. The van der Waals surface area contributed by atoms with Crippen LogP contribution in [0.4, 0.5) is 5.69 Å². The van der Waals surface area contributed by atoms with Crippen molar-refractivity contribution in [3.05, 3.63) is 58.6 Å². The van der Waals surface area contributed by atoms with Gasteiger partial charge in [0.05, 0.1) is 17.7 Å². The molecule has 0 spiro atoms. The van der Waals surface area contributed by atoms with E-state index in [1.54, 1.807) is 0 Å². The van der Waals surface area contributed by atoms with Gasteiger partial charge in [-0.25, -0.2) is 0 Å². The third-order valence-corrected chi connectivity index (χ3v) is 4.70. The lowest BCUT2D eigenvalue weighted by atomic mass is 10.0. The molecule has 4 heteroatoms. The molecule has 0 radical (unpaired) electrons. The summed E-state index contributed by atoms with van der Waals surface area (Å²) < 4.78 is 0. The number of fused-ring (bicyclic) bond motifs is 1. The number of nitrogens with zero attached hydrogens (tertiary/aromatic N) is 1. The second-order valence-electron chi connectivity index (χ2n) is 4.71. The van der Waals surface area contributed by atoms with Crippen molar-refractivity contribution in [2.24, 2.45) is 0 Å². The number of rotatable bonds is 2. The molecule has 2 aromatic rings. The molecule has 0 saturated heterocycles. The number of halogens is 1. The van der Waals surface area contributed by atoms with E-state index in [2.05, 4.69) is 17.5 Å². The van der Waals surface area contributed by atoms with Gasteiger partial charge in [0.15, 0.2) is 0 Å². The lowest BCUT2D eigenvalue weighted by Gasteiger charge is -2.27. The molecule has 2 nitrogen and oxygen atoms in total. The quantitative estimate of drug-likeness (QED) is 0.860. The van der Waals surface area contributed by atoms with Crippen molar-refractivity contribution in [2.45, 2.75) is 17.4 Å². The van der Waals surface area contributed by atoms with E-state index in [4.69, 9.17) is 16.9 Å². The van der Waals surface area contributed by atoms with Crippen LogP contribution in [0.15, 0.2) is 47.4 Å². The number of hydrogen-bond donors (Lipinski definition) is 1. The number of hydrogen-bond acceptors (Lipinski definition) is 3. The molecule has 1 aliphatic heterocycles. The molecule has 100 valence electrons. The van der Waals surface area contributed by atoms with Gasteiger partial charge in [0.1, 0.15) is 0 Å². The molecule has 1 heterocycles. The maximum Gasteiger partial charge on any atom is 0.0992 e. The van der Waals surface area contributed by atoms with Gasteiger partial charge in [0, 0.05) is 21.4 Å². The molecule has 20 heavy (non-hydrogen) atoms. The van der Waals surface area contributed by atoms with Gasteiger partial charge in [-0.05, 0) is 48.4 Å². The number of benzene rings is 2. The maximum absolute atomic E-state index is 8.96. The lowest BCUT2D eigenvalue weighted by Crippen LogP contribution is -2.16. The van der Waals surface area contributed by atoms with Crippen LogP contribution in [0.1, 0.15) is 23.6 Å². The molecule has 0 aromatic heterocycles. The average Bonchev–Trinajstić information content (AvgIpc) is 2.48. The topological polar surface area (TPSA) is 35.8 Å². The Morgan fingerprint density at radius 3 is 3.00 bits per heavy atom. The molecule has 0 fully saturated rings. The van der Waals surface area contributed by atoms with Crippen LogP contribution in [0.25, 0.3) is 0 Å². The van der Waals surface area contributed by atoms with Crippen molar-refractivity contribution in [1.82, 2.24) is 0 Å². The summed E-state index contributed by atoms with van der Waals surface area (Å²) in [5.41, 5.74) is 2.90. The highest BCUT2D eigenvalue weighted by Crippen LogP contribution is 2.39. The highest BCUT2D eigenvalue weighted by atomic mass is 35.5. The summed E-state index contributed by atoms with van der Waals surface area (Å²) in [5.74, 6) is 1.09. The Balaban J connectivity index is 1.89. The van der Waals surface area contributed by atoms with Gasteiger partial charge in [-0.1, -0.05) is 17.7 Å². The summed E-state index contributed by atoms with van der Waals surface area (Å²) >= 11 is 7.98. The Bertz CT molecular complexity index is 678. The van der Waals surface area contributed by atoms with E-state index in [9.17, 15) is 0 Å². The zero-order chi connectivity index (χ0) is 13.9. The van der Waals surface area contributed by atoms with E-state index in [0.29, 0.717) is 5.56 Å².